The highest BCUT2D eigenvalue weighted by molar-refractivity contribution is 5.73. The second-order valence-corrected chi connectivity index (χ2v) is 5.56. The fourth-order valence-electron chi connectivity index (χ4n) is 2.99. The number of hydrogen-bond donors (Lipinski definition) is 1. The summed E-state index contributed by atoms with van der Waals surface area (Å²) in [7, 11) is 0. The van der Waals surface area contributed by atoms with Crippen molar-refractivity contribution in [3.63, 3.8) is 0 Å². The third kappa shape index (κ3) is 3.85. The van der Waals surface area contributed by atoms with Crippen LogP contribution in [0, 0.1) is 0 Å². The van der Waals surface area contributed by atoms with E-state index in [0.29, 0.717) is 19.6 Å². The Kier molecular flexibility index (Phi) is 4.90. The van der Waals surface area contributed by atoms with Gasteiger partial charge in [0.1, 0.15) is 6.04 Å². The van der Waals surface area contributed by atoms with Gasteiger partial charge in [0, 0.05) is 38.8 Å². The van der Waals surface area contributed by atoms with Gasteiger partial charge in [0.15, 0.2) is 0 Å². The molecule has 0 radical (unpaired) electrons. The number of amides is 1. The van der Waals surface area contributed by atoms with Crippen molar-refractivity contribution in [3.8, 4) is 0 Å². The Morgan fingerprint density at radius 1 is 1.15 bits per heavy atom. The monoisotopic (exact) mass is 294 g/mol. The summed E-state index contributed by atoms with van der Waals surface area (Å²) in [5.41, 5.74) is 0. The number of nitrogens with zero attached hydrogens (tertiary/aromatic N) is 1. The average molecular weight is 294 g/mol. The molecule has 0 saturated carbocycles. The maximum Gasteiger partial charge on any atom is 0.408 e. The quantitative estimate of drug-likeness (QED) is 0.843. The molecule has 2 aliphatic heterocycles. The van der Waals surface area contributed by atoms with Crippen molar-refractivity contribution in [3.05, 3.63) is 0 Å². The van der Waals surface area contributed by atoms with E-state index in [0.717, 1.165) is 17.7 Å². The van der Waals surface area contributed by atoms with Crippen LogP contribution in [0.4, 0.5) is 13.2 Å². The second-order valence-electron chi connectivity index (χ2n) is 5.56. The SMILES string of the molecule is CC(=O)N1CC(NC2CCOCC2)CCC1C(F)(F)F. The van der Waals surface area contributed by atoms with Crippen molar-refractivity contribution in [1.82, 2.24) is 10.2 Å². The summed E-state index contributed by atoms with van der Waals surface area (Å²) < 4.78 is 44.0. The first-order chi connectivity index (χ1) is 9.38. The Bertz CT molecular complexity index is 343. The number of nitrogens with one attached hydrogen (secondary N) is 1. The van der Waals surface area contributed by atoms with Crippen LogP contribution >= 0.6 is 0 Å². The molecule has 0 aliphatic carbocycles. The van der Waals surface area contributed by atoms with Crippen molar-refractivity contribution in [2.24, 2.45) is 0 Å². The number of halogens is 3. The zero-order valence-corrected chi connectivity index (χ0v) is 11.6. The minimum absolute atomic E-state index is 0.0238. The summed E-state index contributed by atoms with van der Waals surface area (Å²) in [6.45, 7) is 2.71. The molecular formula is C13H21F3N2O2. The summed E-state index contributed by atoms with van der Waals surface area (Å²) in [5.74, 6) is -0.509. The van der Waals surface area contributed by atoms with Gasteiger partial charge in [0.05, 0.1) is 0 Å². The molecule has 2 fully saturated rings. The van der Waals surface area contributed by atoms with Gasteiger partial charge in [-0.15, -0.1) is 0 Å². The molecule has 2 aliphatic rings. The lowest BCUT2D eigenvalue weighted by Gasteiger charge is -2.41. The molecule has 2 unspecified atom stereocenters. The first-order valence-electron chi connectivity index (χ1n) is 7.05. The third-order valence-corrected chi connectivity index (χ3v) is 4.06. The molecule has 2 atom stereocenters. The zero-order valence-electron chi connectivity index (χ0n) is 11.6. The van der Waals surface area contributed by atoms with Crippen molar-refractivity contribution in [2.45, 2.75) is 56.9 Å². The van der Waals surface area contributed by atoms with Crippen LogP contribution in [0.3, 0.4) is 0 Å². The van der Waals surface area contributed by atoms with Crippen LogP contribution in [-0.4, -0.2) is 54.9 Å². The highest BCUT2D eigenvalue weighted by Gasteiger charge is 2.47. The van der Waals surface area contributed by atoms with Gasteiger partial charge in [-0.3, -0.25) is 4.79 Å². The zero-order chi connectivity index (χ0) is 14.8. The Balaban J connectivity index is 1.94. The predicted molar refractivity (Wildman–Crippen MR) is 67.2 cm³/mol. The van der Waals surface area contributed by atoms with Gasteiger partial charge in [-0.2, -0.15) is 13.2 Å². The summed E-state index contributed by atoms with van der Waals surface area (Å²) in [4.78, 5) is 12.4. The second kappa shape index (κ2) is 6.30. The predicted octanol–water partition coefficient (Wildman–Crippen LogP) is 1.70. The van der Waals surface area contributed by atoms with Crippen LogP contribution in [0.2, 0.25) is 0 Å². The Labute approximate surface area is 116 Å². The fourth-order valence-corrected chi connectivity index (χ4v) is 2.99. The van der Waals surface area contributed by atoms with Crippen molar-refractivity contribution >= 4 is 5.91 Å². The summed E-state index contributed by atoms with van der Waals surface area (Å²) in [6.07, 6.45) is -2.16. The minimum Gasteiger partial charge on any atom is -0.381 e. The van der Waals surface area contributed by atoms with Crippen LogP contribution in [0.1, 0.15) is 32.6 Å². The van der Waals surface area contributed by atoms with Gasteiger partial charge >= 0.3 is 6.18 Å². The van der Waals surface area contributed by atoms with Gasteiger partial charge in [-0.05, 0) is 25.7 Å². The van der Waals surface area contributed by atoms with E-state index < -0.39 is 18.1 Å². The van der Waals surface area contributed by atoms with Crippen molar-refractivity contribution in [1.29, 1.82) is 0 Å². The first-order valence-corrected chi connectivity index (χ1v) is 7.05. The summed E-state index contributed by atoms with van der Waals surface area (Å²) >= 11 is 0. The summed E-state index contributed by atoms with van der Waals surface area (Å²) in [5, 5.41) is 3.37. The number of carbonyl (C=O) groups excluding carboxylic acids is 1. The van der Waals surface area contributed by atoms with E-state index in [1.807, 2.05) is 0 Å². The molecular weight excluding hydrogens is 273 g/mol. The summed E-state index contributed by atoms with van der Waals surface area (Å²) in [6, 6.07) is -1.40. The van der Waals surface area contributed by atoms with E-state index in [-0.39, 0.29) is 25.0 Å². The molecule has 2 rings (SSSR count). The molecule has 0 aromatic carbocycles. The number of alkyl halides is 3. The van der Waals surface area contributed by atoms with Gasteiger partial charge in [-0.1, -0.05) is 0 Å². The highest BCUT2D eigenvalue weighted by atomic mass is 19.4. The van der Waals surface area contributed by atoms with E-state index in [4.69, 9.17) is 4.74 Å². The number of rotatable bonds is 2. The smallest absolute Gasteiger partial charge is 0.381 e. The van der Waals surface area contributed by atoms with E-state index >= 15 is 0 Å². The Morgan fingerprint density at radius 3 is 2.35 bits per heavy atom. The molecule has 1 N–H and O–H groups in total. The Hall–Kier alpha value is -0.820. The fraction of sp³-hybridized carbons (Fsp3) is 0.923. The van der Waals surface area contributed by atoms with Crippen LogP contribution in [-0.2, 0) is 9.53 Å². The number of likely N-dealkylation sites (tertiary alicyclic amines) is 1. The molecule has 4 nitrogen and oxygen atoms in total. The topological polar surface area (TPSA) is 41.6 Å². The third-order valence-electron chi connectivity index (χ3n) is 4.06. The van der Waals surface area contributed by atoms with E-state index in [2.05, 4.69) is 5.32 Å². The average Bonchev–Trinajstić information content (AvgIpc) is 2.38. The number of piperidine rings is 1. The van der Waals surface area contributed by atoms with Gasteiger partial charge in [0.25, 0.3) is 0 Å². The van der Waals surface area contributed by atoms with Gasteiger partial charge in [0.2, 0.25) is 5.91 Å². The minimum atomic E-state index is -4.34. The number of carbonyl (C=O) groups is 1. The lowest BCUT2D eigenvalue weighted by atomic mass is 9.96. The molecule has 0 aromatic heterocycles. The molecule has 7 heteroatoms. The highest BCUT2D eigenvalue weighted by Crippen LogP contribution is 2.32. The van der Waals surface area contributed by atoms with Crippen LogP contribution in [0.5, 0.6) is 0 Å². The molecule has 0 aromatic rings. The normalized spacial score (nSPS) is 29.5. The van der Waals surface area contributed by atoms with E-state index in [1.54, 1.807) is 0 Å². The van der Waals surface area contributed by atoms with Crippen LogP contribution in [0.25, 0.3) is 0 Å². The standard InChI is InChI=1S/C13H21F3N2O2/c1-9(19)18-8-11(2-3-12(18)13(14,15)16)17-10-4-6-20-7-5-10/h10-12,17H,2-8H2,1H3. The molecule has 116 valence electrons. The Morgan fingerprint density at radius 2 is 1.80 bits per heavy atom. The molecule has 20 heavy (non-hydrogen) atoms. The van der Waals surface area contributed by atoms with Crippen molar-refractivity contribution < 1.29 is 22.7 Å². The maximum atomic E-state index is 12.9. The lowest BCUT2D eigenvalue weighted by molar-refractivity contribution is -0.196. The largest absolute Gasteiger partial charge is 0.408 e. The van der Waals surface area contributed by atoms with Gasteiger partial charge < -0.3 is 15.0 Å². The molecule has 2 saturated heterocycles. The van der Waals surface area contributed by atoms with E-state index in [9.17, 15) is 18.0 Å². The van der Waals surface area contributed by atoms with Crippen molar-refractivity contribution in [2.75, 3.05) is 19.8 Å². The van der Waals surface area contributed by atoms with Crippen LogP contribution < -0.4 is 5.32 Å². The first kappa shape index (κ1) is 15.6. The van der Waals surface area contributed by atoms with E-state index in [1.165, 1.54) is 6.92 Å². The van der Waals surface area contributed by atoms with Crippen LogP contribution in [0.15, 0.2) is 0 Å². The number of hydrogen-bond acceptors (Lipinski definition) is 3. The lowest BCUT2D eigenvalue weighted by Crippen LogP contribution is -2.58. The molecule has 1 amide bonds. The molecule has 0 spiro atoms. The van der Waals surface area contributed by atoms with Gasteiger partial charge in [-0.25, -0.2) is 0 Å². The molecule has 0 bridgehead atoms. The number of ether oxygens (including phenoxy) is 1. The molecule has 2 heterocycles. The maximum absolute atomic E-state index is 12.9.